The fourth-order valence-electron chi connectivity index (χ4n) is 2.02. The predicted molar refractivity (Wildman–Crippen MR) is 65.9 cm³/mol. The molecular formula is C13H13NO5. The van der Waals surface area contributed by atoms with Gasteiger partial charge < -0.3 is 14.7 Å². The molecular weight excluding hydrogens is 250 g/mol. The first-order valence-corrected chi connectivity index (χ1v) is 5.74. The molecule has 1 aromatic rings. The second kappa shape index (κ2) is 5.09. The van der Waals surface area contributed by atoms with Gasteiger partial charge in [-0.25, -0.2) is 4.79 Å². The average Bonchev–Trinajstić information content (AvgIpc) is 2.80. The zero-order valence-corrected chi connectivity index (χ0v) is 10.3. The molecule has 1 aliphatic rings. The van der Waals surface area contributed by atoms with Crippen molar-refractivity contribution >= 4 is 23.5 Å². The Morgan fingerprint density at radius 3 is 2.42 bits per heavy atom. The van der Waals surface area contributed by atoms with Crippen molar-refractivity contribution in [2.45, 2.75) is 6.42 Å². The molecule has 0 spiro atoms. The molecule has 1 aromatic carbocycles. The summed E-state index contributed by atoms with van der Waals surface area (Å²) in [4.78, 5) is 35.3. The Kier molecular flexibility index (Phi) is 3.50. The van der Waals surface area contributed by atoms with Crippen LogP contribution in [0.5, 0.6) is 0 Å². The third-order valence-corrected chi connectivity index (χ3v) is 3.07. The van der Waals surface area contributed by atoms with Crippen molar-refractivity contribution in [1.29, 1.82) is 0 Å². The number of esters is 1. The molecule has 1 aliphatic heterocycles. The van der Waals surface area contributed by atoms with Crippen LogP contribution in [0.1, 0.15) is 16.8 Å². The summed E-state index contributed by atoms with van der Waals surface area (Å²) in [6.45, 7) is 0.158. The van der Waals surface area contributed by atoms with Crippen molar-refractivity contribution in [3.8, 4) is 0 Å². The lowest BCUT2D eigenvalue weighted by Crippen LogP contribution is -2.25. The van der Waals surface area contributed by atoms with Crippen LogP contribution in [0.15, 0.2) is 24.3 Å². The number of carbonyl (C=O) groups excluding carboxylic acids is 2. The molecule has 1 N–H and O–H groups in total. The SMILES string of the molecule is COC(=O)c1ccc(N2CC(C(=O)O)CC2=O)cc1. The van der Waals surface area contributed by atoms with Gasteiger partial charge in [-0.15, -0.1) is 0 Å². The summed E-state index contributed by atoms with van der Waals surface area (Å²) in [6.07, 6.45) is 0.00802. The molecule has 1 unspecified atom stereocenters. The van der Waals surface area contributed by atoms with Gasteiger partial charge in [0, 0.05) is 18.7 Å². The van der Waals surface area contributed by atoms with Gasteiger partial charge in [0.1, 0.15) is 0 Å². The minimum absolute atomic E-state index is 0.00802. The third kappa shape index (κ3) is 2.57. The van der Waals surface area contributed by atoms with Gasteiger partial charge in [0.05, 0.1) is 18.6 Å². The number of ether oxygens (including phenoxy) is 1. The van der Waals surface area contributed by atoms with Crippen molar-refractivity contribution in [1.82, 2.24) is 0 Å². The molecule has 0 aliphatic carbocycles. The van der Waals surface area contributed by atoms with E-state index in [9.17, 15) is 14.4 Å². The van der Waals surface area contributed by atoms with Gasteiger partial charge in [-0.05, 0) is 24.3 Å². The van der Waals surface area contributed by atoms with Crippen LogP contribution < -0.4 is 4.90 Å². The fourth-order valence-corrected chi connectivity index (χ4v) is 2.02. The standard InChI is InChI=1S/C13H13NO5/c1-19-13(18)8-2-4-10(5-3-8)14-7-9(12(16)17)6-11(14)15/h2-5,9H,6-7H2,1H3,(H,16,17). The number of amides is 1. The molecule has 1 heterocycles. The predicted octanol–water partition coefficient (Wildman–Crippen LogP) is 0.911. The number of anilines is 1. The Hall–Kier alpha value is -2.37. The first-order valence-electron chi connectivity index (χ1n) is 5.74. The Balaban J connectivity index is 2.17. The summed E-state index contributed by atoms with van der Waals surface area (Å²) in [5.41, 5.74) is 0.967. The normalized spacial score (nSPS) is 18.5. The lowest BCUT2D eigenvalue weighted by Gasteiger charge is -2.16. The van der Waals surface area contributed by atoms with Gasteiger partial charge in [0.2, 0.25) is 5.91 Å². The van der Waals surface area contributed by atoms with E-state index in [0.29, 0.717) is 11.3 Å². The largest absolute Gasteiger partial charge is 0.481 e. The van der Waals surface area contributed by atoms with E-state index in [-0.39, 0.29) is 18.9 Å². The molecule has 2 rings (SSSR count). The summed E-state index contributed by atoms with van der Waals surface area (Å²) in [7, 11) is 1.29. The van der Waals surface area contributed by atoms with E-state index in [1.165, 1.54) is 12.0 Å². The van der Waals surface area contributed by atoms with Crippen LogP contribution in [0.2, 0.25) is 0 Å². The highest BCUT2D eigenvalue weighted by Crippen LogP contribution is 2.25. The lowest BCUT2D eigenvalue weighted by molar-refractivity contribution is -0.141. The van der Waals surface area contributed by atoms with Crippen LogP contribution in [0, 0.1) is 5.92 Å². The van der Waals surface area contributed by atoms with Crippen molar-refractivity contribution in [2.24, 2.45) is 5.92 Å². The third-order valence-electron chi connectivity index (χ3n) is 3.07. The number of nitrogens with zero attached hydrogens (tertiary/aromatic N) is 1. The van der Waals surface area contributed by atoms with Crippen molar-refractivity contribution < 1.29 is 24.2 Å². The number of carbonyl (C=O) groups is 3. The van der Waals surface area contributed by atoms with Gasteiger partial charge in [0.15, 0.2) is 0 Å². The Morgan fingerprint density at radius 2 is 1.95 bits per heavy atom. The quantitative estimate of drug-likeness (QED) is 0.819. The Morgan fingerprint density at radius 1 is 1.32 bits per heavy atom. The Bertz CT molecular complexity index is 522. The molecule has 1 fully saturated rings. The van der Waals surface area contributed by atoms with E-state index in [2.05, 4.69) is 4.74 Å². The summed E-state index contributed by atoms with van der Waals surface area (Å²) < 4.78 is 4.57. The molecule has 19 heavy (non-hydrogen) atoms. The molecule has 100 valence electrons. The lowest BCUT2D eigenvalue weighted by atomic mass is 10.1. The van der Waals surface area contributed by atoms with Crippen LogP contribution in [-0.4, -0.2) is 36.6 Å². The first kappa shape index (κ1) is 13.1. The molecule has 0 bridgehead atoms. The van der Waals surface area contributed by atoms with Crippen LogP contribution in [-0.2, 0) is 14.3 Å². The van der Waals surface area contributed by atoms with Crippen LogP contribution in [0.25, 0.3) is 0 Å². The highest BCUT2D eigenvalue weighted by molar-refractivity contribution is 5.99. The van der Waals surface area contributed by atoms with Gasteiger partial charge in [0.25, 0.3) is 0 Å². The maximum absolute atomic E-state index is 11.7. The number of carboxylic acids is 1. The van der Waals surface area contributed by atoms with E-state index in [4.69, 9.17) is 5.11 Å². The van der Waals surface area contributed by atoms with E-state index >= 15 is 0 Å². The number of hydrogen-bond acceptors (Lipinski definition) is 4. The van der Waals surface area contributed by atoms with E-state index in [1.54, 1.807) is 24.3 Å². The average molecular weight is 263 g/mol. The monoisotopic (exact) mass is 263 g/mol. The van der Waals surface area contributed by atoms with Crippen LogP contribution in [0.3, 0.4) is 0 Å². The molecule has 0 aromatic heterocycles. The smallest absolute Gasteiger partial charge is 0.337 e. The highest BCUT2D eigenvalue weighted by atomic mass is 16.5. The number of carboxylic acid groups (broad SMARTS) is 1. The summed E-state index contributed by atoms with van der Waals surface area (Å²) >= 11 is 0. The summed E-state index contributed by atoms with van der Waals surface area (Å²) in [6, 6.07) is 6.30. The van der Waals surface area contributed by atoms with Gasteiger partial charge in [-0.2, -0.15) is 0 Å². The van der Waals surface area contributed by atoms with Crippen LogP contribution in [0.4, 0.5) is 5.69 Å². The molecule has 1 amide bonds. The summed E-state index contributed by atoms with van der Waals surface area (Å²) in [5.74, 6) is -2.32. The maximum atomic E-state index is 11.7. The topological polar surface area (TPSA) is 83.9 Å². The number of benzene rings is 1. The molecule has 6 nitrogen and oxygen atoms in total. The number of hydrogen-bond donors (Lipinski definition) is 1. The summed E-state index contributed by atoms with van der Waals surface area (Å²) in [5, 5.41) is 8.90. The number of aliphatic carboxylic acids is 1. The highest BCUT2D eigenvalue weighted by Gasteiger charge is 2.34. The molecule has 1 atom stereocenters. The van der Waals surface area contributed by atoms with Crippen molar-refractivity contribution in [3.63, 3.8) is 0 Å². The molecule has 0 radical (unpaired) electrons. The first-order chi connectivity index (χ1) is 9.02. The van der Waals surface area contributed by atoms with E-state index in [1.807, 2.05) is 0 Å². The van der Waals surface area contributed by atoms with E-state index in [0.717, 1.165) is 0 Å². The fraction of sp³-hybridized carbons (Fsp3) is 0.308. The van der Waals surface area contributed by atoms with Crippen molar-refractivity contribution in [2.75, 3.05) is 18.6 Å². The molecule has 6 heteroatoms. The number of methoxy groups -OCH3 is 1. The van der Waals surface area contributed by atoms with Gasteiger partial charge >= 0.3 is 11.9 Å². The molecule has 0 saturated carbocycles. The number of rotatable bonds is 3. The van der Waals surface area contributed by atoms with Gasteiger partial charge in [-0.1, -0.05) is 0 Å². The Labute approximate surface area is 109 Å². The molecule has 1 saturated heterocycles. The van der Waals surface area contributed by atoms with Crippen molar-refractivity contribution in [3.05, 3.63) is 29.8 Å². The minimum atomic E-state index is -0.970. The second-order valence-corrected chi connectivity index (χ2v) is 4.28. The zero-order chi connectivity index (χ0) is 14.0. The van der Waals surface area contributed by atoms with Crippen LogP contribution >= 0.6 is 0 Å². The van der Waals surface area contributed by atoms with E-state index < -0.39 is 17.9 Å². The van der Waals surface area contributed by atoms with Gasteiger partial charge in [-0.3, -0.25) is 9.59 Å². The second-order valence-electron chi connectivity index (χ2n) is 4.28. The minimum Gasteiger partial charge on any atom is -0.481 e. The maximum Gasteiger partial charge on any atom is 0.337 e. The zero-order valence-electron chi connectivity index (χ0n) is 10.3.